The molecular formula is C12H10N2O. The third-order valence-corrected chi connectivity index (χ3v) is 2.21. The lowest BCUT2D eigenvalue weighted by atomic mass is 10.1. The van der Waals surface area contributed by atoms with E-state index in [2.05, 4.69) is 11.6 Å². The Balaban J connectivity index is 2.56. The molecular weight excluding hydrogens is 188 g/mol. The van der Waals surface area contributed by atoms with E-state index in [1.807, 2.05) is 30.3 Å². The minimum Gasteiger partial charge on any atom is -0.366 e. The molecule has 0 unspecified atom stereocenters. The number of carbonyl (C=O) groups is 1. The summed E-state index contributed by atoms with van der Waals surface area (Å²) in [5, 5.41) is 1.03. The van der Waals surface area contributed by atoms with Crippen LogP contribution in [0.25, 0.3) is 16.5 Å². The lowest BCUT2D eigenvalue weighted by Gasteiger charge is -2.02. The van der Waals surface area contributed by atoms with Crippen LogP contribution in [0.5, 0.6) is 0 Å². The molecule has 0 bridgehead atoms. The zero-order valence-electron chi connectivity index (χ0n) is 8.10. The number of benzene rings is 1. The summed E-state index contributed by atoms with van der Waals surface area (Å²) in [4.78, 5) is 15.2. The molecule has 74 valence electrons. The van der Waals surface area contributed by atoms with Crippen molar-refractivity contribution in [2.45, 2.75) is 0 Å². The van der Waals surface area contributed by atoms with Crippen molar-refractivity contribution in [2.24, 2.45) is 5.73 Å². The number of aromatic nitrogens is 1. The van der Waals surface area contributed by atoms with E-state index < -0.39 is 5.91 Å². The van der Waals surface area contributed by atoms with Gasteiger partial charge in [0.15, 0.2) is 0 Å². The molecule has 0 saturated carbocycles. The molecule has 2 N–H and O–H groups in total. The number of nitrogens with zero attached hydrogens (tertiary/aromatic N) is 1. The molecule has 3 nitrogen and oxygen atoms in total. The van der Waals surface area contributed by atoms with E-state index in [9.17, 15) is 4.79 Å². The monoisotopic (exact) mass is 198 g/mol. The number of fused-ring (bicyclic) bond motifs is 1. The van der Waals surface area contributed by atoms with Gasteiger partial charge in [0.25, 0.3) is 0 Å². The van der Waals surface area contributed by atoms with E-state index in [0.717, 1.165) is 10.9 Å². The van der Waals surface area contributed by atoms with E-state index in [-0.39, 0.29) is 5.57 Å². The normalized spacial score (nSPS) is 10.1. The number of hydrogen-bond donors (Lipinski definition) is 1. The van der Waals surface area contributed by atoms with Gasteiger partial charge in [-0.2, -0.15) is 0 Å². The van der Waals surface area contributed by atoms with E-state index in [0.29, 0.717) is 5.69 Å². The van der Waals surface area contributed by atoms with Gasteiger partial charge in [0.05, 0.1) is 16.8 Å². The molecule has 0 atom stereocenters. The summed E-state index contributed by atoms with van der Waals surface area (Å²) in [6.45, 7) is 3.59. The van der Waals surface area contributed by atoms with Crippen LogP contribution in [-0.2, 0) is 4.79 Å². The molecule has 0 aliphatic rings. The summed E-state index contributed by atoms with van der Waals surface area (Å²) in [7, 11) is 0. The first-order valence-corrected chi connectivity index (χ1v) is 4.53. The Labute approximate surface area is 87.2 Å². The Kier molecular flexibility index (Phi) is 2.21. The van der Waals surface area contributed by atoms with Crippen LogP contribution in [0.4, 0.5) is 0 Å². The average Bonchev–Trinajstić information content (AvgIpc) is 2.27. The van der Waals surface area contributed by atoms with E-state index in [4.69, 9.17) is 5.73 Å². The van der Waals surface area contributed by atoms with Crippen LogP contribution < -0.4 is 5.73 Å². The summed E-state index contributed by atoms with van der Waals surface area (Å²) in [6.07, 6.45) is 0. The van der Waals surface area contributed by atoms with Crippen molar-refractivity contribution in [1.29, 1.82) is 0 Å². The maximum absolute atomic E-state index is 10.9. The van der Waals surface area contributed by atoms with Gasteiger partial charge < -0.3 is 5.73 Å². The second kappa shape index (κ2) is 3.53. The summed E-state index contributed by atoms with van der Waals surface area (Å²) < 4.78 is 0. The Morgan fingerprint density at radius 3 is 2.67 bits per heavy atom. The third kappa shape index (κ3) is 1.72. The van der Waals surface area contributed by atoms with Crippen molar-refractivity contribution in [3.63, 3.8) is 0 Å². The lowest BCUT2D eigenvalue weighted by molar-refractivity contribution is -0.112. The summed E-state index contributed by atoms with van der Waals surface area (Å²) in [5.74, 6) is -0.544. The van der Waals surface area contributed by atoms with Gasteiger partial charge in [0.2, 0.25) is 5.91 Å². The largest absolute Gasteiger partial charge is 0.366 e. The van der Waals surface area contributed by atoms with Gasteiger partial charge >= 0.3 is 0 Å². The number of amides is 1. The minimum absolute atomic E-state index is 0.237. The number of primary amides is 1. The van der Waals surface area contributed by atoms with Gasteiger partial charge in [-0.3, -0.25) is 4.79 Å². The zero-order chi connectivity index (χ0) is 10.8. The van der Waals surface area contributed by atoms with Crippen molar-refractivity contribution >= 4 is 22.4 Å². The molecule has 2 aromatic rings. The highest BCUT2D eigenvalue weighted by atomic mass is 16.1. The Morgan fingerprint density at radius 1 is 1.20 bits per heavy atom. The fourth-order valence-electron chi connectivity index (χ4n) is 1.36. The van der Waals surface area contributed by atoms with Crippen molar-refractivity contribution < 1.29 is 4.79 Å². The summed E-state index contributed by atoms with van der Waals surface area (Å²) in [6, 6.07) is 11.3. The molecule has 2 rings (SSSR count). The molecule has 0 fully saturated rings. The average molecular weight is 198 g/mol. The lowest BCUT2D eigenvalue weighted by Crippen LogP contribution is -2.12. The van der Waals surface area contributed by atoms with Crippen LogP contribution in [-0.4, -0.2) is 10.9 Å². The fraction of sp³-hybridized carbons (Fsp3) is 0. The quantitative estimate of drug-likeness (QED) is 0.747. The van der Waals surface area contributed by atoms with Crippen LogP contribution >= 0.6 is 0 Å². The first-order valence-electron chi connectivity index (χ1n) is 4.53. The second-order valence-electron chi connectivity index (χ2n) is 3.23. The molecule has 1 aromatic heterocycles. The third-order valence-electron chi connectivity index (χ3n) is 2.21. The van der Waals surface area contributed by atoms with E-state index in [1.165, 1.54) is 0 Å². The summed E-state index contributed by atoms with van der Waals surface area (Å²) >= 11 is 0. The number of para-hydroxylation sites is 1. The molecule has 1 heterocycles. The van der Waals surface area contributed by atoms with Crippen molar-refractivity contribution in [1.82, 2.24) is 4.98 Å². The molecule has 0 spiro atoms. The van der Waals surface area contributed by atoms with E-state index in [1.54, 1.807) is 6.07 Å². The predicted molar refractivity (Wildman–Crippen MR) is 60.0 cm³/mol. The smallest absolute Gasteiger partial charge is 0.250 e. The molecule has 3 heteroatoms. The van der Waals surface area contributed by atoms with Gasteiger partial charge in [0, 0.05) is 5.39 Å². The minimum atomic E-state index is -0.544. The van der Waals surface area contributed by atoms with Crippen LogP contribution in [0.15, 0.2) is 43.0 Å². The molecule has 1 aromatic carbocycles. The van der Waals surface area contributed by atoms with Gasteiger partial charge in [-0.05, 0) is 12.1 Å². The predicted octanol–water partition coefficient (Wildman–Crippen LogP) is 1.73. The summed E-state index contributed by atoms with van der Waals surface area (Å²) in [5.41, 5.74) is 6.73. The molecule has 0 saturated heterocycles. The first kappa shape index (κ1) is 9.40. The Morgan fingerprint density at radius 2 is 1.93 bits per heavy atom. The SMILES string of the molecule is C=C(C(N)=O)c1ccc2ccccc2n1. The van der Waals surface area contributed by atoms with Crippen molar-refractivity contribution in [3.05, 3.63) is 48.7 Å². The number of nitrogens with two attached hydrogens (primary N) is 1. The second-order valence-corrected chi connectivity index (χ2v) is 3.23. The maximum atomic E-state index is 10.9. The van der Waals surface area contributed by atoms with Gasteiger partial charge in [-0.25, -0.2) is 4.98 Å². The highest BCUT2D eigenvalue weighted by Gasteiger charge is 2.06. The molecule has 1 amide bonds. The van der Waals surface area contributed by atoms with Crippen LogP contribution in [0.3, 0.4) is 0 Å². The maximum Gasteiger partial charge on any atom is 0.250 e. The number of rotatable bonds is 2. The van der Waals surface area contributed by atoms with Crippen LogP contribution in [0.1, 0.15) is 5.69 Å². The molecule has 15 heavy (non-hydrogen) atoms. The van der Waals surface area contributed by atoms with Gasteiger partial charge in [-0.1, -0.05) is 30.8 Å². The first-order chi connectivity index (χ1) is 7.18. The highest BCUT2D eigenvalue weighted by Crippen LogP contribution is 2.15. The Hall–Kier alpha value is -2.16. The standard InChI is InChI=1S/C12H10N2O/c1-8(12(13)15)10-7-6-9-4-2-3-5-11(9)14-10/h2-7H,1H2,(H2,13,15). The fourth-order valence-corrected chi connectivity index (χ4v) is 1.36. The van der Waals surface area contributed by atoms with Crippen LogP contribution in [0, 0.1) is 0 Å². The number of pyridine rings is 1. The zero-order valence-corrected chi connectivity index (χ0v) is 8.10. The van der Waals surface area contributed by atoms with Gasteiger partial charge in [0.1, 0.15) is 0 Å². The number of hydrogen-bond acceptors (Lipinski definition) is 2. The van der Waals surface area contributed by atoms with Crippen molar-refractivity contribution in [2.75, 3.05) is 0 Å². The molecule has 0 aliphatic carbocycles. The Bertz CT molecular complexity index is 546. The van der Waals surface area contributed by atoms with Gasteiger partial charge in [-0.15, -0.1) is 0 Å². The number of carbonyl (C=O) groups excluding carboxylic acids is 1. The molecule has 0 aliphatic heterocycles. The topological polar surface area (TPSA) is 56.0 Å². The highest BCUT2D eigenvalue weighted by molar-refractivity contribution is 6.17. The van der Waals surface area contributed by atoms with Crippen LogP contribution in [0.2, 0.25) is 0 Å². The van der Waals surface area contributed by atoms with E-state index >= 15 is 0 Å². The van der Waals surface area contributed by atoms with Crippen molar-refractivity contribution in [3.8, 4) is 0 Å². The molecule has 0 radical (unpaired) electrons.